The number of aliphatic carboxylic acids is 1. The number of carboxylic acids is 1. The van der Waals surface area contributed by atoms with Crippen molar-refractivity contribution >= 4 is 5.97 Å². The summed E-state index contributed by atoms with van der Waals surface area (Å²) in [6.45, 7) is 4.75. The van der Waals surface area contributed by atoms with Crippen molar-refractivity contribution in [1.82, 2.24) is 14.8 Å². The lowest BCUT2D eigenvalue weighted by atomic mass is 9.95. The van der Waals surface area contributed by atoms with Gasteiger partial charge in [-0.2, -0.15) is 0 Å². The molecule has 114 valence electrons. The highest BCUT2D eigenvalue weighted by Gasteiger charge is 2.34. The predicted octanol–water partition coefficient (Wildman–Crippen LogP) is 1.45. The first-order valence-electron chi connectivity index (χ1n) is 7.79. The number of hydrogen-bond acceptors (Lipinski definition) is 4. The van der Waals surface area contributed by atoms with Crippen molar-refractivity contribution < 1.29 is 9.90 Å². The van der Waals surface area contributed by atoms with Gasteiger partial charge >= 0.3 is 5.97 Å². The number of carboxylic acid groups (broad SMARTS) is 1. The molecule has 0 spiro atoms. The molecule has 1 N–H and O–H groups in total. The number of piperidine rings is 1. The van der Waals surface area contributed by atoms with Gasteiger partial charge in [0, 0.05) is 45.0 Å². The molecule has 5 heteroatoms. The molecule has 0 saturated carbocycles. The number of aromatic nitrogens is 1. The van der Waals surface area contributed by atoms with Gasteiger partial charge in [-0.1, -0.05) is 6.07 Å². The van der Waals surface area contributed by atoms with Gasteiger partial charge < -0.3 is 10.0 Å². The lowest BCUT2D eigenvalue weighted by Crippen LogP contribution is -2.43. The van der Waals surface area contributed by atoms with Gasteiger partial charge in [-0.15, -0.1) is 0 Å². The summed E-state index contributed by atoms with van der Waals surface area (Å²) in [6.07, 6.45) is 4.60. The Morgan fingerprint density at radius 1 is 1.29 bits per heavy atom. The highest BCUT2D eigenvalue weighted by molar-refractivity contribution is 5.66. The highest BCUT2D eigenvalue weighted by Crippen LogP contribution is 2.28. The Morgan fingerprint density at radius 2 is 2.19 bits per heavy atom. The second-order valence-electron chi connectivity index (χ2n) is 6.25. The molecule has 3 aliphatic rings. The minimum absolute atomic E-state index is 0.250. The Balaban J connectivity index is 1.62. The van der Waals surface area contributed by atoms with Gasteiger partial charge in [0.05, 0.1) is 12.1 Å². The Kier molecular flexibility index (Phi) is 4.51. The lowest BCUT2D eigenvalue weighted by Gasteiger charge is -2.35. The quantitative estimate of drug-likeness (QED) is 0.889. The Morgan fingerprint density at radius 3 is 2.95 bits per heavy atom. The zero-order valence-corrected chi connectivity index (χ0v) is 12.3. The van der Waals surface area contributed by atoms with Crippen molar-refractivity contribution in [1.29, 1.82) is 0 Å². The van der Waals surface area contributed by atoms with Gasteiger partial charge in [-0.3, -0.25) is 14.7 Å². The van der Waals surface area contributed by atoms with E-state index in [4.69, 9.17) is 5.11 Å². The van der Waals surface area contributed by atoms with Crippen LogP contribution in [0.25, 0.3) is 0 Å². The SMILES string of the molecule is O=C(O)CCN1C[C@@H]2CC[C@H](C1)N(Cc1ccccn1)C2. The Bertz CT molecular complexity index is 480. The van der Waals surface area contributed by atoms with Crippen molar-refractivity contribution in [3.8, 4) is 0 Å². The molecule has 2 atom stereocenters. The van der Waals surface area contributed by atoms with Crippen molar-refractivity contribution in [3.05, 3.63) is 30.1 Å². The van der Waals surface area contributed by atoms with Crippen LogP contribution in [-0.4, -0.2) is 58.1 Å². The van der Waals surface area contributed by atoms with Gasteiger partial charge in [0.2, 0.25) is 0 Å². The maximum Gasteiger partial charge on any atom is 0.304 e. The number of rotatable bonds is 5. The third-order valence-corrected chi connectivity index (χ3v) is 4.64. The largest absolute Gasteiger partial charge is 0.481 e. The van der Waals surface area contributed by atoms with Crippen LogP contribution in [0.4, 0.5) is 0 Å². The summed E-state index contributed by atoms with van der Waals surface area (Å²) in [5.74, 6) is -0.0295. The Labute approximate surface area is 125 Å². The molecule has 3 saturated heterocycles. The molecule has 4 rings (SSSR count). The number of hydrogen-bond donors (Lipinski definition) is 1. The van der Waals surface area contributed by atoms with Crippen LogP contribution in [0.5, 0.6) is 0 Å². The summed E-state index contributed by atoms with van der Waals surface area (Å²) in [6, 6.07) is 6.61. The van der Waals surface area contributed by atoms with E-state index in [1.165, 1.54) is 12.8 Å². The molecular weight excluding hydrogens is 266 g/mol. The molecule has 0 aliphatic carbocycles. The van der Waals surface area contributed by atoms with Crippen LogP contribution in [0.2, 0.25) is 0 Å². The summed E-state index contributed by atoms with van der Waals surface area (Å²) in [4.78, 5) is 20.1. The number of fused-ring (bicyclic) bond motifs is 4. The summed E-state index contributed by atoms with van der Waals surface area (Å²) in [5, 5.41) is 8.86. The van der Waals surface area contributed by atoms with Crippen molar-refractivity contribution in [2.45, 2.75) is 31.8 Å². The molecule has 0 unspecified atom stereocenters. The monoisotopic (exact) mass is 289 g/mol. The van der Waals surface area contributed by atoms with Gasteiger partial charge in [0.15, 0.2) is 0 Å². The molecule has 1 aromatic rings. The smallest absolute Gasteiger partial charge is 0.304 e. The van der Waals surface area contributed by atoms with E-state index in [2.05, 4.69) is 20.9 Å². The van der Waals surface area contributed by atoms with Crippen LogP contribution in [0.1, 0.15) is 25.0 Å². The molecule has 21 heavy (non-hydrogen) atoms. The lowest BCUT2D eigenvalue weighted by molar-refractivity contribution is -0.137. The first kappa shape index (κ1) is 14.5. The number of carbonyl (C=O) groups is 1. The molecule has 2 bridgehead atoms. The molecule has 5 nitrogen and oxygen atoms in total. The van der Waals surface area contributed by atoms with E-state index in [9.17, 15) is 4.79 Å². The van der Waals surface area contributed by atoms with E-state index in [1.54, 1.807) is 0 Å². The molecule has 3 fully saturated rings. The molecular formula is C16H23N3O2. The van der Waals surface area contributed by atoms with E-state index >= 15 is 0 Å². The van der Waals surface area contributed by atoms with Crippen molar-refractivity contribution in [3.63, 3.8) is 0 Å². The maximum atomic E-state index is 10.8. The fraction of sp³-hybridized carbons (Fsp3) is 0.625. The fourth-order valence-corrected chi connectivity index (χ4v) is 3.61. The van der Waals surface area contributed by atoms with Crippen LogP contribution < -0.4 is 0 Å². The zero-order chi connectivity index (χ0) is 14.7. The van der Waals surface area contributed by atoms with Crippen molar-refractivity contribution in [2.24, 2.45) is 5.92 Å². The number of pyridine rings is 1. The summed E-state index contributed by atoms with van der Waals surface area (Å²) in [5.41, 5.74) is 1.13. The van der Waals surface area contributed by atoms with Crippen LogP contribution in [0.3, 0.4) is 0 Å². The first-order valence-corrected chi connectivity index (χ1v) is 7.79. The highest BCUT2D eigenvalue weighted by atomic mass is 16.4. The second-order valence-corrected chi connectivity index (χ2v) is 6.25. The standard InChI is InChI=1S/C16H23N3O2/c20-16(21)6-8-18-9-13-4-5-15(12-18)19(10-13)11-14-3-1-2-7-17-14/h1-3,7,13,15H,4-6,8-12H2,(H,20,21)/t13-,15+/m0/s1. The van der Waals surface area contributed by atoms with Gasteiger partial charge in [0.25, 0.3) is 0 Å². The minimum atomic E-state index is -0.697. The molecule has 0 amide bonds. The first-order chi connectivity index (χ1) is 10.2. The van der Waals surface area contributed by atoms with Gasteiger partial charge in [-0.05, 0) is 30.9 Å². The zero-order valence-electron chi connectivity index (χ0n) is 12.3. The average molecular weight is 289 g/mol. The molecule has 0 radical (unpaired) electrons. The van der Waals surface area contributed by atoms with E-state index in [1.807, 2.05) is 18.3 Å². The topological polar surface area (TPSA) is 56.7 Å². The molecule has 1 aromatic heterocycles. The average Bonchev–Trinajstić information content (AvgIpc) is 2.77. The summed E-state index contributed by atoms with van der Waals surface area (Å²) >= 11 is 0. The number of nitrogens with zero attached hydrogens (tertiary/aromatic N) is 3. The van der Waals surface area contributed by atoms with Gasteiger partial charge in [0.1, 0.15) is 0 Å². The molecule has 3 aliphatic heterocycles. The normalized spacial score (nSPS) is 26.7. The van der Waals surface area contributed by atoms with E-state index in [0.29, 0.717) is 18.5 Å². The van der Waals surface area contributed by atoms with Crippen LogP contribution >= 0.6 is 0 Å². The maximum absolute atomic E-state index is 10.8. The summed E-state index contributed by atoms with van der Waals surface area (Å²) in [7, 11) is 0. The predicted molar refractivity (Wildman–Crippen MR) is 79.9 cm³/mol. The van der Waals surface area contributed by atoms with Crippen LogP contribution in [0, 0.1) is 5.92 Å². The fourth-order valence-electron chi connectivity index (χ4n) is 3.61. The molecule has 0 aromatic carbocycles. The minimum Gasteiger partial charge on any atom is -0.481 e. The second kappa shape index (κ2) is 6.54. The van der Waals surface area contributed by atoms with Crippen LogP contribution in [-0.2, 0) is 11.3 Å². The Hall–Kier alpha value is -1.46. The van der Waals surface area contributed by atoms with E-state index in [0.717, 1.165) is 31.9 Å². The van der Waals surface area contributed by atoms with E-state index in [-0.39, 0.29) is 6.42 Å². The van der Waals surface area contributed by atoms with Crippen molar-refractivity contribution in [2.75, 3.05) is 26.2 Å². The third-order valence-electron chi connectivity index (χ3n) is 4.64. The molecule has 4 heterocycles. The van der Waals surface area contributed by atoms with Crippen LogP contribution in [0.15, 0.2) is 24.4 Å². The summed E-state index contributed by atoms with van der Waals surface area (Å²) < 4.78 is 0. The van der Waals surface area contributed by atoms with E-state index < -0.39 is 5.97 Å². The third kappa shape index (κ3) is 3.80. The van der Waals surface area contributed by atoms with Gasteiger partial charge in [-0.25, -0.2) is 0 Å².